The molecule has 0 amide bonds. The van der Waals surface area contributed by atoms with Crippen LogP contribution in [0, 0.1) is 5.92 Å². The average Bonchev–Trinajstić information content (AvgIpc) is 2.72. The lowest BCUT2D eigenvalue weighted by atomic mass is 9.87. The quantitative estimate of drug-likeness (QED) is 0.451. The first kappa shape index (κ1) is 24.5. The van der Waals surface area contributed by atoms with Crippen molar-refractivity contribution >= 4 is 10.0 Å². The monoisotopic (exact) mass is 457 g/mol. The van der Waals surface area contributed by atoms with Crippen LogP contribution in [0.3, 0.4) is 0 Å². The van der Waals surface area contributed by atoms with Crippen molar-refractivity contribution < 1.29 is 13.2 Å². The molecule has 6 nitrogen and oxygen atoms in total. The van der Waals surface area contributed by atoms with Crippen LogP contribution in [0.1, 0.15) is 37.5 Å². The van der Waals surface area contributed by atoms with Gasteiger partial charge in [-0.05, 0) is 52.3 Å². The summed E-state index contributed by atoms with van der Waals surface area (Å²) < 4.78 is 34.1. The number of hydrogen-bond donors (Lipinski definition) is 3. The second-order valence-electron chi connectivity index (χ2n) is 9.34. The van der Waals surface area contributed by atoms with Crippen molar-refractivity contribution in [3.63, 3.8) is 0 Å². The zero-order valence-electron chi connectivity index (χ0n) is 19.3. The van der Waals surface area contributed by atoms with E-state index in [1.54, 1.807) is 18.2 Å². The molecule has 0 aliphatic carbocycles. The maximum absolute atomic E-state index is 12.8. The SMILES string of the molecule is C=CCOc1cc(CNCC2CNC2)cc(CNS(=O)(=O)c2ccc(C(C)(C)C)cc2)c1. The zero-order valence-corrected chi connectivity index (χ0v) is 20.1. The van der Waals surface area contributed by atoms with Crippen LogP contribution in [-0.4, -0.2) is 34.7 Å². The van der Waals surface area contributed by atoms with Gasteiger partial charge in [-0.25, -0.2) is 13.1 Å². The number of hydrogen-bond acceptors (Lipinski definition) is 5. The van der Waals surface area contributed by atoms with E-state index in [2.05, 4.69) is 42.7 Å². The van der Waals surface area contributed by atoms with Gasteiger partial charge in [0.1, 0.15) is 12.4 Å². The van der Waals surface area contributed by atoms with Crippen molar-refractivity contribution in [2.24, 2.45) is 5.92 Å². The molecule has 0 spiro atoms. The molecule has 0 radical (unpaired) electrons. The van der Waals surface area contributed by atoms with Crippen molar-refractivity contribution in [1.82, 2.24) is 15.4 Å². The van der Waals surface area contributed by atoms with Gasteiger partial charge in [-0.1, -0.05) is 51.6 Å². The number of ether oxygens (including phenoxy) is 1. The molecule has 3 N–H and O–H groups in total. The molecule has 1 fully saturated rings. The molecule has 2 aromatic carbocycles. The van der Waals surface area contributed by atoms with Gasteiger partial charge in [-0.15, -0.1) is 0 Å². The Morgan fingerprint density at radius 1 is 1.09 bits per heavy atom. The van der Waals surface area contributed by atoms with Gasteiger partial charge in [0.05, 0.1) is 4.90 Å². The second-order valence-corrected chi connectivity index (χ2v) is 11.1. The fourth-order valence-corrected chi connectivity index (χ4v) is 4.50. The molecule has 32 heavy (non-hydrogen) atoms. The lowest BCUT2D eigenvalue weighted by Gasteiger charge is -2.27. The van der Waals surface area contributed by atoms with E-state index in [1.165, 1.54) is 0 Å². The van der Waals surface area contributed by atoms with Crippen LogP contribution in [0.4, 0.5) is 0 Å². The number of benzene rings is 2. The van der Waals surface area contributed by atoms with Gasteiger partial charge in [0.25, 0.3) is 0 Å². The minimum absolute atomic E-state index is 0.0266. The molecule has 0 unspecified atom stereocenters. The van der Waals surface area contributed by atoms with Crippen molar-refractivity contribution in [2.75, 3.05) is 26.2 Å². The van der Waals surface area contributed by atoms with Gasteiger partial charge in [0.15, 0.2) is 0 Å². The van der Waals surface area contributed by atoms with Crippen LogP contribution in [0.15, 0.2) is 60.0 Å². The molecule has 1 aliphatic heterocycles. The largest absolute Gasteiger partial charge is 0.490 e. The first-order chi connectivity index (χ1) is 15.2. The Bertz CT molecular complexity index is 1010. The van der Waals surface area contributed by atoms with E-state index in [-0.39, 0.29) is 16.9 Å². The van der Waals surface area contributed by atoms with E-state index in [1.807, 2.05) is 30.3 Å². The second kappa shape index (κ2) is 10.6. The first-order valence-electron chi connectivity index (χ1n) is 11.1. The normalized spacial score (nSPS) is 14.7. The molecule has 1 heterocycles. The minimum atomic E-state index is -3.62. The topological polar surface area (TPSA) is 79.5 Å². The molecule has 1 saturated heterocycles. The maximum atomic E-state index is 12.8. The van der Waals surface area contributed by atoms with Gasteiger partial charge in [0, 0.05) is 32.7 Å². The molecule has 0 aromatic heterocycles. The van der Waals surface area contributed by atoms with Crippen molar-refractivity contribution in [3.05, 3.63) is 71.8 Å². The summed E-state index contributed by atoms with van der Waals surface area (Å²) >= 11 is 0. The fraction of sp³-hybridized carbons (Fsp3) is 0.440. The van der Waals surface area contributed by atoms with Gasteiger partial charge >= 0.3 is 0 Å². The molecule has 174 valence electrons. The summed E-state index contributed by atoms with van der Waals surface area (Å²) in [6, 6.07) is 12.9. The van der Waals surface area contributed by atoms with E-state index >= 15 is 0 Å². The Kier molecular flexibility index (Phi) is 8.11. The van der Waals surface area contributed by atoms with Gasteiger partial charge in [0.2, 0.25) is 10.0 Å². The van der Waals surface area contributed by atoms with Gasteiger partial charge in [-0.2, -0.15) is 0 Å². The summed E-state index contributed by atoms with van der Waals surface area (Å²) in [5.41, 5.74) is 2.98. The Morgan fingerprint density at radius 3 is 2.31 bits per heavy atom. The molecule has 0 atom stereocenters. The Morgan fingerprint density at radius 2 is 1.75 bits per heavy atom. The summed E-state index contributed by atoms with van der Waals surface area (Å²) in [6.45, 7) is 14.4. The average molecular weight is 458 g/mol. The number of rotatable bonds is 11. The molecule has 3 rings (SSSR count). The molecular weight excluding hydrogens is 422 g/mol. The summed E-state index contributed by atoms with van der Waals surface area (Å²) in [5, 5.41) is 6.75. The highest BCUT2D eigenvalue weighted by molar-refractivity contribution is 7.89. The van der Waals surface area contributed by atoms with Crippen LogP contribution in [0.5, 0.6) is 5.75 Å². The van der Waals surface area contributed by atoms with E-state index in [0.717, 1.165) is 36.3 Å². The molecular formula is C25H35N3O3S. The zero-order chi connectivity index (χ0) is 23.2. The van der Waals surface area contributed by atoms with E-state index < -0.39 is 10.0 Å². The summed E-state index contributed by atoms with van der Waals surface area (Å²) in [6.07, 6.45) is 1.69. The van der Waals surface area contributed by atoms with Crippen molar-refractivity contribution in [3.8, 4) is 5.75 Å². The standard InChI is InChI=1S/C25H35N3O3S/c1-5-10-31-23-12-19(14-26-15-21-16-27-17-21)11-20(13-23)18-28-32(29,30)24-8-6-22(7-9-24)25(2,3)4/h5-9,11-13,21,26-28H,1,10,14-18H2,2-4H3. The van der Waals surface area contributed by atoms with E-state index in [9.17, 15) is 8.42 Å². The highest BCUT2D eigenvalue weighted by Crippen LogP contribution is 2.24. The van der Waals surface area contributed by atoms with Crippen LogP contribution in [-0.2, 0) is 28.5 Å². The third kappa shape index (κ3) is 6.90. The Balaban J connectivity index is 1.68. The third-order valence-corrected chi connectivity index (χ3v) is 6.94. The smallest absolute Gasteiger partial charge is 0.240 e. The predicted molar refractivity (Wildman–Crippen MR) is 129 cm³/mol. The summed E-state index contributed by atoms with van der Waals surface area (Å²) in [4.78, 5) is 0.264. The van der Waals surface area contributed by atoms with Crippen LogP contribution in [0.2, 0.25) is 0 Å². The Labute approximate surface area is 192 Å². The van der Waals surface area contributed by atoms with E-state index in [0.29, 0.717) is 24.8 Å². The maximum Gasteiger partial charge on any atom is 0.240 e. The molecule has 0 bridgehead atoms. The highest BCUT2D eigenvalue weighted by Gasteiger charge is 2.18. The molecule has 2 aromatic rings. The number of nitrogens with one attached hydrogen (secondary N) is 3. The fourth-order valence-electron chi connectivity index (χ4n) is 3.48. The molecule has 7 heteroatoms. The number of sulfonamides is 1. The van der Waals surface area contributed by atoms with Crippen molar-refractivity contribution in [1.29, 1.82) is 0 Å². The van der Waals surface area contributed by atoms with Crippen LogP contribution >= 0.6 is 0 Å². The van der Waals surface area contributed by atoms with Crippen molar-refractivity contribution in [2.45, 2.75) is 44.2 Å². The van der Waals surface area contributed by atoms with Crippen LogP contribution in [0.25, 0.3) is 0 Å². The summed E-state index contributed by atoms with van der Waals surface area (Å²) in [7, 11) is -3.62. The third-order valence-electron chi connectivity index (χ3n) is 5.52. The molecule has 1 aliphatic rings. The lowest BCUT2D eigenvalue weighted by molar-refractivity contribution is 0.331. The van der Waals surface area contributed by atoms with Gasteiger partial charge < -0.3 is 15.4 Å². The summed E-state index contributed by atoms with van der Waals surface area (Å²) in [5.74, 6) is 1.38. The lowest BCUT2D eigenvalue weighted by Crippen LogP contribution is -2.47. The predicted octanol–water partition coefficient (Wildman–Crippen LogP) is 3.34. The Hall–Kier alpha value is -2.19. The van der Waals surface area contributed by atoms with Gasteiger partial charge in [-0.3, -0.25) is 0 Å². The first-order valence-corrected chi connectivity index (χ1v) is 12.5. The van der Waals surface area contributed by atoms with Crippen LogP contribution < -0.4 is 20.1 Å². The highest BCUT2D eigenvalue weighted by atomic mass is 32.2. The molecule has 0 saturated carbocycles. The van der Waals surface area contributed by atoms with E-state index in [4.69, 9.17) is 4.74 Å². The minimum Gasteiger partial charge on any atom is -0.490 e.